The summed E-state index contributed by atoms with van der Waals surface area (Å²) in [6.45, 7) is 0.806. The molecule has 0 saturated carbocycles. The molecule has 0 heterocycles. The number of nitrogens with zero attached hydrogens (tertiary/aromatic N) is 1. The van der Waals surface area contributed by atoms with Crippen molar-refractivity contribution in [1.82, 2.24) is 10.2 Å². The number of hydrogen-bond acceptors (Lipinski definition) is 3. The third-order valence-electron chi connectivity index (χ3n) is 2.33. The minimum absolute atomic E-state index is 0.103. The van der Waals surface area contributed by atoms with Gasteiger partial charge in [0, 0.05) is 37.9 Å². The lowest BCUT2D eigenvalue weighted by Gasteiger charge is -2.13. The third-order valence-corrected chi connectivity index (χ3v) is 2.57. The molecule has 1 aromatic rings. The Kier molecular flexibility index (Phi) is 5.44. The zero-order valence-corrected chi connectivity index (χ0v) is 11.5. The number of amides is 2. The first-order valence-electron chi connectivity index (χ1n) is 5.63. The molecule has 0 bridgehead atoms. The normalized spacial score (nSPS) is 9.84. The van der Waals surface area contributed by atoms with Crippen molar-refractivity contribution in [3.8, 4) is 0 Å². The Labute approximate surface area is 116 Å². The minimum atomic E-state index is -1.05. The van der Waals surface area contributed by atoms with Crippen LogP contribution >= 0.6 is 11.6 Å². The fraction of sp³-hybridized carbons (Fsp3) is 0.333. The van der Waals surface area contributed by atoms with Crippen LogP contribution in [0.25, 0.3) is 0 Å². The lowest BCUT2D eigenvalue weighted by Crippen LogP contribution is -2.37. The van der Waals surface area contributed by atoms with Crippen LogP contribution in [0.5, 0.6) is 0 Å². The van der Waals surface area contributed by atoms with E-state index in [0.717, 1.165) is 0 Å². The minimum Gasteiger partial charge on any atom is -0.478 e. The van der Waals surface area contributed by atoms with Gasteiger partial charge in [-0.3, -0.25) is 0 Å². The van der Waals surface area contributed by atoms with Crippen molar-refractivity contribution < 1.29 is 14.7 Å². The van der Waals surface area contributed by atoms with Gasteiger partial charge in [0.1, 0.15) is 0 Å². The topological polar surface area (TPSA) is 81.7 Å². The number of hydrogen-bond donors (Lipinski definition) is 3. The van der Waals surface area contributed by atoms with Crippen molar-refractivity contribution in [3.63, 3.8) is 0 Å². The highest BCUT2D eigenvalue weighted by molar-refractivity contribution is 6.31. The SMILES string of the molecule is CN(C)C(=O)NCCNc1ccc(Cl)cc1C(=O)O. The van der Waals surface area contributed by atoms with Crippen LogP contribution in [0.15, 0.2) is 18.2 Å². The Bertz CT molecular complexity index is 477. The van der Waals surface area contributed by atoms with Gasteiger partial charge in [0.05, 0.1) is 5.56 Å². The van der Waals surface area contributed by atoms with Crippen LogP contribution in [-0.2, 0) is 0 Å². The maximum Gasteiger partial charge on any atom is 0.337 e. The first kappa shape index (κ1) is 15.1. The molecule has 0 saturated heterocycles. The van der Waals surface area contributed by atoms with Crippen molar-refractivity contribution >= 4 is 29.3 Å². The van der Waals surface area contributed by atoms with Crippen molar-refractivity contribution in [3.05, 3.63) is 28.8 Å². The van der Waals surface area contributed by atoms with Crippen molar-refractivity contribution in [2.75, 3.05) is 32.5 Å². The van der Waals surface area contributed by atoms with E-state index in [0.29, 0.717) is 23.8 Å². The number of carbonyl (C=O) groups excluding carboxylic acids is 1. The monoisotopic (exact) mass is 285 g/mol. The van der Waals surface area contributed by atoms with E-state index in [9.17, 15) is 9.59 Å². The molecule has 0 aliphatic rings. The number of halogens is 1. The zero-order chi connectivity index (χ0) is 14.4. The Balaban J connectivity index is 2.54. The molecule has 0 atom stereocenters. The van der Waals surface area contributed by atoms with Gasteiger partial charge >= 0.3 is 12.0 Å². The second-order valence-corrected chi connectivity index (χ2v) is 4.48. The van der Waals surface area contributed by atoms with Crippen LogP contribution in [0, 0.1) is 0 Å². The molecule has 0 unspecified atom stereocenters. The smallest absolute Gasteiger partial charge is 0.337 e. The molecule has 3 N–H and O–H groups in total. The van der Waals surface area contributed by atoms with Gasteiger partial charge in [-0.25, -0.2) is 9.59 Å². The molecule has 7 heteroatoms. The number of nitrogens with one attached hydrogen (secondary N) is 2. The molecule has 1 rings (SSSR count). The Morgan fingerprint density at radius 2 is 2.00 bits per heavy atom. The molecule has 104 valence electrons. The number of urea groups is 1. The van der Waals surface area contributed by atoms with E-state index >= 15 is 0 Å². The number of anilines is 1. The second-order valence-electron chi connectivity index (χ2n) is 4.05. The molecule has 6 nitrogen and oxygen atoms in total. The van der Waals surface area contributed by atoms with E-state index in [2.05, 4.69) is 10.6 Å². The van der Waals surface area contributed by atoms with Crippen LogP contribution in [0.3, 0.4) is 0 Å². The van der Waals surface area contributed by atoms with E-state index in [1.165, 1.54) is 11.0 Å². The highest BCUT2D eigenvalue weighted by Gasteiger charge is 2.10. The fourth-order valence-corrected chi connectivity index (χ4v) is 1.54. The number of carboxylic acid groups (broad SMARTS) is 1. The molecule has 2 amide bonds. The molecular weight excluding hydrogens is 270 g/mol. The summed E-state index contributed by atoms with van der Waals surface area (Å²) in [6, 6.07) is 4.38. The van der Waals surface area contributed by atoms with Gasteiger partial charge in [0.15, 0.2) is 0 Å². The number of carboxylic acids is 1. The summed E-state index contributed by atoms with van der Waals surface area (Å²) in [5.41, 5.74) is 0.572. The number of benzene rings is 1. The highest BCUT2D eigenvalue weighted by Crippen LogP contribution is 2.20. The van der Waals surface area contributed by atoms with Gasteiger partial charge in [-0.05, 0) is 18.2 Å². The first-order chi connectivity index (χ1) is 8.91. The van der Waals surface area contributed by atoms with Crippen LogP contribution in [0.1, 0.15) is 10.4 Å². The number of rotatable bonds is 5. The summed E-state index contributed by atoms with van der Waals surface area (Å²) in [4.78, 5) is 23.7. The Hall–Kier alpha value is -1.95. The summed E-state index contributed by atoms with van der Waals surface area (Å²) >= 11 is 5.74. The quantitative estimate of drug-likeness (QED) is 0.720. The van der Waals surface area contributed by atoms with Crippen LogP contribution in [0.4, 0.5) is 10.5 Å². The van der Waals surface area contributed by atoms with Crippen molar-refractivity contribution in [2.45, 2.75) is 0 Å². The molecule has 1 aromatic carbocycles. The van der Waals surface area contributed by atoms with Crippen molar-refractivity contribution in [2.24, 2.45) is 0 Å². The first-order valence-corrected chi connectivity index (χ1v) is 6.01. The van der Waals surface area contributed by atoms with Gasteiger partial charge in [-0.2, -0.15) is 0 Å². The molecule has 0 aliphatic heterocycles. The largest absolute Gasteiger partial charge is 0.478 e. The molecule has 0 fully saturated rings. The summed E-state index contributed by atoms with van der Waals surface area (Å²) in [5.74, 6) is -1.05. The van der Waals surface area contributed by atoms with E-state index in [4.69, 9.17) is 16.7 Å². The lowest BCUT2D eigenvalue weighted by molar-refractivity contribution is 0.0698. The van der Waals surface area contributed by atoms with Gasteiger partial charge in [-0.1, -0.05) is 11.6 Å². The van der Waals surface area contributed by atoms with Gasteiger partial charge < -0.3 is 20.6 Å². The Morgan fingerprint density at radius 3 is 2.58 bits per heavy atom. The predicted octanol–water partition coefficient (Wildman–Crippen LogP) is 1.72. The average Bonchev–Trinajstić information content (AvgIpc) is 2.35. The zero-order valence-electron chi connectivity index (χ0n) is 10.7. The van der Waals surface area contributed by atoms with Crippen LogP contribution < -0.4 is 10.6 Å². The number of carbonyl (C=O) groups is 2. The van der Waals surface area contributed by atoms with E-state index in [1.54, 1.807) is 26.2 Å². The average molecular weight is 286 g/mol. The fourth-order valence-electron chi connectivity index (χ4n) is 1.37. The van der Waals surface area contributed by atoms with E-state index < -0.39 is 5.97 Å². The van der Waals surface area contributed by atoms with E-state index in [-0.39, 0.29) is 11.6 Å². The summed E-state index contributed by atoms with van der Waals surface area (Å²) in [5, 5.41) is 15.0. The Morgan fingerprint density at radius 1 is 1.32 bits per heavy atom. The standard InChI is InChI=1S/C12H16ClN3O3/c1-16(2)12(19)15-6-5-14-10-4-3-8(13)7-9(10)11(17)18/h3-4,7,14H,5-6H2,1-2H3,(H,15,19)(H,17,18). The second kappa shape index (κ2) is 6.84. The maximum absolute atomic E-state index is 11.2. The third kappa shape index (κ3) is 4.67. The molecule has 19 heavy (non-hydrogen) atoms. The van der Waals surface area contributed by atoms with Gasteiger partial charge in [-0.15, -0.1) is 0 Å². The maximum atomic E-state index is 11.2. The number of aromatic carboxylic acids is 1. The highest BCUT2D eigenvalue weighted by atomic mass is 35.5. The van der Waals surface area contributed by atoms with Gasteiger partial charge in [0.25, 0.3) is 0 Å². The lowest BCUT2D eigenvalue weighted by atomic mass is 10.2. The van der Waals surface area contributed by atoms with Gasteiger partial charge in [0.2, 0.25) is 0 Å². The molecule has 0 aliphatic carbocycles. The molecular formula is C12H16ClN3O3. The molecule has 0 aromatic heterocycles. The molecule has 0 radical (unpaired) electrons. The molecule has 0 spiro atoms. The predicted molar refractivity (Wildman–Crippen MR) is 74.0 cm³/mol. The van der Waals surface area contributed by atoms with Crippen LogP contribution in [0.2, 0.25) is 5.02 Å². The summed E-state index contributed by atoms with van der Waals surface area (Å²) < 4.78 is 0. The summed E-state index contributed by atoms with van der Waals surface area (Å²) in [7, 11) is 3.29. The summed E-state index contributed by atoms with van der Waals surface area (Å²) in [6.07, 6.45) is 0. The van der Waals surface area contributed by atoms with Crippen LogP contribution in [-0.4, -0.2) is 49.2 Å². The van der Waals surface area contributed by atoms with Crippen molar-refractivity contribution in [1.29, 1.82) is 0 Å². The van der Waals surface area contributed by atoms with E-state index in [1.807, 2.05) is 0 Å².